The molecule has 25 heavy (non-hydrogen) atoms. The molecule has 0 fully saturated rings. The number of benzene rings is 2. The van der Waals surface area contributed by atoms with E-state index in [0.717, 1.165) is 17.5 Å². The molecule has 134 valence electrons. The molecule has 1 atom stereocenters. The number of nitrogens with zero attached hydrogens (tertiary/aromatic N) is 1. The van der Waals surface area contributed by atoms with Gasteiger partial charge in [-0.05, 0) is 36.7 Å². The maximum atomic E-state index is 13.3. The van der Waals surface area contributed by atoms with Crippen LogP contribution in [0.15, 0.2) is 54.6 Å². The molecule has 1 amide bonds. The standard InChI is InChI=1S/C20H25FN2O2/c1-23(15-19(24)22-13-6-14-25-2)20(16-7-4-3-5-8-16)17-9-11-18(21)12-10-17/h3-5,7-12,20H,6,13-15H2,1-2H3,(H,22,24). The van der Waals surface area contributed by atoms with Gasteiger partial charge in [0, 0.05) is 20.3 Å². The van der Waals surface area contributed by atoms with Crippen molar-refractivity contribution < 1.29 is 13.9 Å². The number of hydrogen-bond donors (Lipinski definition) is 1. The normalized spacial score (nSPS) is 12.2. The second-order valence-electron chi connectivity index (χ2n) is 5.98. The first kappa shape index (κ1) is 19.1. The first-order valence-corrected chi connectivity index (χ1v) is 8.38. The van der Waals surface area contributed by atoms with Crippen molar-refractivity contribution in [1.82, 2.24) is 10.2 Å². The molecule has 2 rings (SSSR count). The van der Waals surface area contributed by atoms with E-state index < -0.39 is 0 Å². The average molecular weight is 344 g/mol. The number of amides is 1. The van der Waals surface area contributed by atoms with E-state index in [9.17, 15) is 9.18 Å². The summed E-state index contributed by atoms with van der Waals surface area (Å²) in [5, 5.41) is 2.89. The SMILES string of the molecule is COCCCNC(=O)CN(C)C(c1ccccc1)c1ccc(F)cc1. The highest BCUT2D eigenvalue weighted by Crippen LogP contribution is 2.27. The summed E-state index contributed by atoms with van der Waals surface area (Å²) in [5.41, 5.74) is 2.01. The van der Waals surface area contributed by atoms with Gasteiger partial charge in [0.15, 0.2) is 0 Å². The Balaban J connectivity index is 2.09. The lowest BCUT2D eigenvalue weighted by Crippen LogP contribution is -2.38. The van der Waals surface area contributed by atoms with Gasteiger partial charge in [0.2, 0.25) is 5.91 Å². The van der Waals surface area contributed by atoms with Crippen molar-refractivity contribution in [1.29, 1.82) is 0 Å². The maximum absolute atomic E-state index is 13.3. The van der Waals surface area contributed by atoms with Crippen molar-refractivity contribution in [2.24, 2.45) is 0 Å². The maximum Gasteiger partial charge on any atom is 0.234 e. The Kier molecular flexibility index (Phi) is 7.57. The first-order chi connectivity index (χ1) is 12.1. The number of carbonyl (C=O) groups excluding carboxylic acids is 1. The van der Waals surface area contributed by atoms with E-state index in [1.54, 1.807) is 19.2 Å². The first-order valence-electron chi connectivity index (χ1n) is 8.38. The van der Waals surface area contributed by atoms with Gasteiger partial charge in [0.1, 0.15) is 5.82 Å². The zero-order valence-corrected chi connectivity index (χ0v) is 14.7. The van der Waals surface area contributed by atoms with Crippen LogP contribution in [0.1, 0.15) is 23.6 Å². The van der Waals surface area contributed by atoms with Crippen molar-refractivity contribution >= 4 is 5.91 Å². The number of ether oxygens (including phenoxy) is 1. The molecular formula is C20H25FN2O2. The highest BCUT2D eigenvalue weighted by Gasteiger charge is 2.21. The van der Waals surface area contributed by atoms with Gasteiger partial charge >= 0.3 is 0 Å². The van der Waals surface area contributed by atoms with E-state index in [4.69, 9.17) is 4.74 Å². The summed E-state index contributed by atoms with van der Waals surface area (Å²) >= 11 is 0. The van der Waals surface area contributed by atoms with E-state index in [2.05, 4.69) is 5.32 Å². The Morgan fingerprint density at radius 1 is 1.12 bits per heavy atom. The van der Waals surface area contributed by atoms with Crippen LogP contribution in [0, 0.1) is 5.82 Å². The number of nitrogens with one attached hydrogen (secondary N) is 1. The van der Waals surface area contributed by atoms with Gasteiger partial charge in [-0.15, -0.1) is 0 Å². The summed E-state index contributed by atoms with van der Waals surface area (Å²) in [7, 11) is 3.54. The summed E-state index contributed by atoms with van der Waals surface area (Å²) in [5.74, 6) is -0.309. The molecule has 0 radical (unpaired) electrons. The molecule has 0 aromatic heterocycles. The van der Waals surface area contributed by atoms with Crippen LogP contribution in [0.5, 0.6) is 0 Å². The third-order valence-electron chi connectivity index (χ3n) is 3.98. The van der Waals surface area contributed by atoms with Gasteiger partial charge in [-0.1, -0.05) is 42.5 Å². The zero-order valence-electron chi connectivity index (χ0n) is 14.7. The van der Waals surface area contributed by atoms with Crippen LogP contribution in [-0.4, -0.2) is 44.7 Å². The molecule has 2 aromatic rings. The van der Waals surface area contributed by atoms with Crippen LogP contribution in [0.3, 0.4) is 0 Å². The quantitative estimate of drug-likeness (QED) is 0.711. The molecule has 5 heteroatoms. The van der Waals surface area contributed by atoms with Gasteiger partial charge in [-0.2, -0.15) is 0 Å². The van der Waals surface area contributed by atoms with E-state index in [1.807, 2.05) is 42.3 Å². The zero-order chi connectivity index (χ0) is 18.1. The van der Waals surface area contributed by atoms with Crippen molar-refractivity contribution in [2.75, 3.05) is 33.9 Å². The molecule has 0 aliphatic heterocycles. The van der Waals surface area contributed by atoms with E-state index in [-0.39, 0.29) is 24.3 Å². The van der Waals surface area contributed by atoms with Crippen molar-refractivity contribution in [3.8, 4) is 0 Å². The molecule has 0 heterocycles. The topological polar surface area (TPSA) is 41.6 Å². The molecule has 0 aliphatic carbocycles. The molecule has 2 aromatic carbocycles. The van der Waals surface area contributed by atoms with Gasteiger partial charge in [-0.25, -0.2) is 4.39 Å². The number of hydrogen-bond acceptors (Lipinski definition) is 3. The molecule has 0 spiro atoms. The van der Waals surface area contributed by atoms with Crippen LogP contribution >= 0.6 is 0 Å². The minimum absolute atomic E-state index is 0.0401. The number of carbonyl (C=O) groups is 1. The van der Waals surface area contributed by atoms with Crippen LogP contribution in [0.4, 0.5) is 4.39 Å². The van der Waals surface area contributed by atoms with Crippen molar-refractivity contribution in [3.63, 3.8) is 0 Å². The molecular weight excluding hydrogens is 319 g/mol. The molecule has 0 bridgehead atoms. The molecule has 0 saturated heterocycles. The van der Waals surface area contributed by atoms with Gasteiger partial charge < -0.3 is 10.1 Å². The van der Waals surface area contributed by atoms with E-state index in [0.29, 0.717) is 13.2 Å². The third-order valence-corrected chi connectivity index (χ3v) is 3.98. The van der Waals surface area contributed by atoms with Crippen molar-refractivity contribution in [3.05, 3.63) is 71.5 Å². The monoisotopic (exact) mass is 344 g/mol. The minimum atomic E-state index is -0.269. The second-order valence-corrected chi connectivity index (χ2v) is 5.98. The summed E-state index contributed by atoms with van der Waals surface area (Å²) in [4.78, 5) is 14.2. The Labute approximate surface area is 148 Å². The lowest BCUT2D eigenvalue weighted by Gasteiger charge is -2.28. The molecule has 1 N–H and O–H groups in total. The van der Waals surface area contributed by atoms with Gasteiger partial charge in [-0.3, -0.25) is 9.69 Å². The average Bonchev–Trinajstić information content (AvgIpc) is 2.61. The van der Waals surface area contributed by atoms with Crippen LogP contribution < -0.4 is 5.32 Å². The number of rotatable bonds is 9. The summed E-state index contributed by atoms with van der Waals surface area (Å²) in [6.45, 7) is 1.47. The smallest absolute Gasteiger partial charge is 0.234 e. The lowest BCUT2D eigenvalue weighted by atomic mass is 9.97. The highest BCUT2D eigenvalue weighted by atomic mass is 19.1. The molecule has 0 aliphatic rings. The van der Waals surface area contributed by atoms with Gasteiger partial charge in [0.05, 0.1) is 12.6 Å². The van der Waals surface area contributed by atoms with Crippen LogP contribution in [-0.2, 0) is 9.53 Å². The number of methoxy groups -OCH3 is 1. The molecule has 1 unspecified atom stereocenters. The highest BCUT2D eigenvalue weighted by molar-refractivity contribution is 5.78. The van der Waals surface area contributed by atoms with E-state index in [1.165, 1.54) is 12.1 Å². The minimum Gasteiger partial charge on any atom is -0.385 e. The Hall–Kier alpha value is -2.24. The fourth-order valence-corrected chi connectivity index (χ4v) is 2.80. The number of halogens is 1. The molecule has 4 nitrogen and oxygen atoms in total. The Morgan fingerprint density at radius 3 is 2.40 bits per heavy atom. The predicted molar refractivity (Wildman–Crippen MR) is 96.8 cm³/mol. The van der Waals surface area contributed by atoms with Crippen molar-refractivity contribution in [2.45, 2.75) is 12.5 Å². The third kappa shape index (κ3) is 5.96. The number of likely N-dealkylation sites (N-methyl/N-ethyl adjacent to an activating group) is 1. The fourth-order valence-electron chi connectivity index (χ4n) is 2.80. The summed E-state index contributed by atoms with van der Waals surface area (Å²) in [6.07, 6.45) is 0.784. The second kappa shape index (κ2) is 9.91. The largest absolute Gasteiger partial charge is 0.385 e. The van der Waals surface area contributed by atoms with Crippen LogP contribution in [0.2, 0.25) is 0 Å². The van der Waals surface area contributed by atoms with Crippen LogP contribution in [0.25, 0.3) is 0 Å². The Morgan fingerprint density at radius 2 is 1.76 bits per heavy atom. The summed E-state index contributed by atoms with van der Waals surface area (Å²) < 4.78 is 18.3. The Bertz CT molecular complexity index is 647. The predicted octanol–water partition coefficient (Wildman–Crippen LogP) is 3.00. The van der Waals surface area contributed by atoms with E-state index >= 15 is 0 Å². The lowest BCUT2D eigenvalue weighted by molar-refractivity contribution is -0.122. The molecule has 0 saturated carbocycles. The summed E-state index contributed by atoms with van der Waals surface area (Å²) in [6, 6.07) is 16.2. The van der Waals surface area contributed by atoms with Gasteiger partial charge in [0.25, 0.3) is 0 Å². The fraction of sp³-hybridized carbons (Fsp3) is 0.350.